The molecule has 2 aliphatic rings. The highest BCUT2D eigenvalue weighted by Gasteiger charge is 2.23. The number of hydrogen-bond acceptors (Lipinski definition) is 5. The minimum atomic E-state index is -0.0771. The summed E-state index contributed by atoms with van der Waals surface area (Å²) in [4.78, 5) is 26.8. The zero-order chi connectivity index (χ0) is 21.3. The van der Waals surface area contributed by atoms with Crippen LogP contribution in [0.2, 0.25) is 0 Å². The van der Waals surface area contributed by atoms with Gasteiger partial charge in [0.2, 0.25) is 5.91 Å². The first-order valence-corrected chi connectivity index (χ1v) is 10.9. The molecule has 1 saturated carbocycles. The number of amides is 3. The molecule has 1 heterocycles. The molecule has 2 fully saturated rings. The molecule has 3 amide bonds. The first kappa shape index (κ1) is 22.2. The van der Waals surface area contributed by atoms with Gasteiger partial charge in [-0.1, -0.05) is 19.3 Å². The summed E-state index contributed by atoms with van der Waals surface area (Å²) in [5.41, 5.74) is 0.645. The number of urea groups is 1. The Morgan fingerprint density at radius 2 is 1.47 bits per heavy atom. The van der Waals surface area contributed by atoms with Gasteiger partial charge >= 0.3 is 6.03 Å². The van der Waals surface area contributed by atoms with Crippen LogP contribution in [-0.2, 0) is 4.79 Å². The number of piperidine rings is 1. The smallest absolute Gasteiger partial charge is 0.315 e. The first-order chi connectivity index (χ1) is 14.6. The van der Waals surface area contributed by atoms with Crippen molar-refractivity contribution in [2.45, 2.75) is 57.0 Å². The van der Waals surface area contributed by atoms with Crippen molar-refractivity contribution in [3.8, 4) is 11.5 Å². The molecule has 3 rings (SSSR count). The molecule has 0 bridgehead atoms. The second kappa shape index (κ2) is 11.1. The summed E-state index contributed by atoms with van der Waals surface area (Å²) in [5.74, 6) is 1.18. The van der Waals surface area contributed by atoms with E-state index < -0.39 is 0 Å². The maximum absolute atomic E-state index is 12.4. The Hall–Kier alpha value is -2.48. The Bertz CT molecular complexity index is 691. The van der Waals surface area contributed by atoms with Gasteiger partial charge < -0.3 is 25.4 Å². The van der Waals surface area contributed by atoms with Crippen LogP contribution in [0.15, 0.2) is 18.2 Å². The molecule has 1 saturated heterocycles. The van der Waals surface area contributed by atoms with Gasteiger partial charge in [-0.15, -0.1) is 0 Å². The number of nitrogens with one attached hydrogen (secondary N) is 3. The third kappa shape index (κ3) is 6.79. The molecule has 0 aromatic heterocycles. The molecular formula is C22H34N4O4. The highest BCUT2D eigenvalue weighted by Crippen LogP contribution is 2.25. The molecule has 30 heavy (non-hydrogen) atoms. The summed E-state index contributed by atoms with van der Waals surface area (Å²) < 4.78 is 10.5. The van der Waals surface area contributed by atoms with Crippen LogP contribution in [0, 0.1) is 0 Å². The van der Waals surface area contributed by atoms with E-state index in [9.17, 15) is 9.59 Å². The first-order valence-electron chi connectivity index (χ1n) is 10.9. The minimum absolute atomic E-state index is 0.0509. The zero-order valence-corrected chi connectivity index (χ0v) is 18.0. The predicted octanol–water partition coefficient (Wildman–Crippen LogP) is 2.74. The van der Waals surface area contributed by atoms with Crippen LogP contribution < -0.4 is 25.4 Å². The minimum Gasteiger partial charge on any atom is -0.497 e. The summed E-state index contributed by atoms with van der Waals surface area (Å²) in [6, 6.07) is 5.72. The topological polar surface area (TPSA) is 91.9 Å². The molecule has 0 atom stereocenters. The van der Waals surface area contributed by atoms with Crippen molar-refractivity contribution < 1.29 is 19.1 Å². The van der Waals surface area contributed by atoms with Crippen molar-refractivity contribution in [2.75, 3.05) is 39.2 Å². The largest absolute Gasteiger partial charge is 0.497 e. The lowest BCUT2D eigenvalue weighted by atomic mass is 9.96. The molecule has 8 nitrogen and oxygen atoms in total. The van der Waals surface area contributed by atoms with Gasteiger partial charge in [-0.25, -0.2) is 4.79 Å². The van der Waals surface area contributed by atoms with Crippen LogP contribution in [0.25, 0.3) is 0 Å². The lowest BCUT2D eigenvalue weighted by molar-refractivity contribution is -0.117. The van der Waals surface area contributed by atoms with Crippen LogP contribution >= 0.6 is 0 Å². The quantitative estimate of drug-likeness (QED) is 0.633. The second-order valence-corrected chi connectivity index (χ2v) is 8.15. The van der Waals surface area contributed by atoms with E-state index in [1.54, 1.807) is 32.4 Å². The van der Waals surface area contributed by atoms with Crippen molar-refractivity contribution in [2.24, 2.45) is 0 Å². The standard InChI is InChI=1S/C22H34N4O4/c1-29-19-12-18(13-20(14-19)30-2)23-21(27)15-26-10-8-17(9-11-26)25-22(28)24-16-6-4-3-5-7-16/h12-14,16-17H,3-11,15H2,1-2H3,(H,23,27)(H2,24,25,28). The normalized spacial score (nSPS) is 18.5. The molecule has 3 N–H and O–H groups in total. The van der Waals surface area contributed by atoms with Gasteiger partial charge in [0.15, 0.2) is 0 Å². The van der Waals surface area contributed by atoms with Crippen molar-refractivity contribution in [3.05, 3.63) is 18.2 Å². The molecule has 1 aromatic rings. The molecule has 0 spiro atoms. The van der Waals surface area contributed by atoms with E-state index in [4.69, 9.17) is 9.47 Å². The molecule has 1 aliphatic heterocycles. The van der Waals surface area contributed by atoms with Crippen LogP contribution in [0.5, 0.6) is 11.5 Å². The lowest BCUT2D eigenvalue weighted by Crippen LogP contribution is -2.51. The average molecular weight is 419 g/mol. The van der Waals surface area contributed by atoms with E-state index >= 15 is 0 Å². The van der Waals surface area contributed by atoms with Crippen LogP contribution in [0.1, 0.15) is 44.9 Å². The fourth-order valence-corrected chi connectivity index (χ4v) is 4.18. The number of carbonyl (C=O) groups is 2. The SMILES string of the molecule is COc1cc(NC(=O)CN2CCC(NC(=O)NC3CCCCC3)CC2)cc(OC)c1. The number of benzene rings is 1. The van der Waals surface area contributed by atoms with Gasteiger partial charge in [0.25, 0.3) is 0 Å². The third-order valence-electron chi connectivity index (χ3n) is 5.87. The number of rotatable bonds is 7. The van der Waals surface area contributed by atoms with Gasteiger partial charge in [-0.05, 0) is 25.7 Å². The average Bonchev–Trinajstić information content (AvgIpc) is 2.75. The maximum atomic E-state index is 12.4. The predicted molar refractivity (Wildman–Crippen MR) is 116 cm³/mol. The molecule has 0 radical (unpaired) electrons. The molecular weight excluding hydrogens is 384 g/mol. The Kier molecular flexibility index (Phi) is 8.19. The van der Waals surface area contributed by atoms with E-state index in [0.29, 0.717) is 29.8 Å². The summed E-state index contributed by atoms with van der Waals surface area (Å²) >= 11 is 0. The highest BCUT2D eigenvalue weighted by atomic mass is 16.5. The van der Waals surface area contributed by atoms with Gasteiger partial charge in [-0.2, -0.15) is 0 Å². The van der Waals surface area contributed by atoms with Crippen molar-refractivity contribution >= 4 is 17.6 Å². The van der Waals surface area contributed by atoms with Crippen molar-refractivity contribution in [1.29, 1.82) is 0 Å². The molecule has 1 aliphatic carbocycles. The van der Waals surface area contributed by atoms with Crippen LogP contribution in [0.4, 0.5) is 10.5 Å². The number of hydrogen-bond donors (Lipinski definition) is 3. The van der Waals surface area contributed by atoms with E-state index in [-0.39, 0.29) is 18.0 Å². The van der Waals surface area contributed by atoms with Gasteiger partial charge in [0, 0.05) is 49.1 Å². The molecule has 0 unspecified atom stereocenters. The molecule has 166 valence electrons. The third-order valence-corrected chi connectivity index (χ3v) is 5.87. The van der Waals surface area contributed by atoms with Gasteiger partial charge in [-0.3, -0.25) is 9.69 Å². The zero-order valence-electron chi connectivity index (χ0n) is 18.0. The number of anilines is 1. The monoisotopic (exact) mass is 418 g/mol. The number of carbonyl (C=O) groups excluding carboxylic acids is 2. The Labute approximate surface area is 178 Å². The summed E-state index contributed by atoms with van der Waals surface area (Å²) in [7, 11) is 3.15. The summed E-state index contributed by atoms with van der Waals surface area (Å²) in [6.45, 7) is 1.88. The van der Waals surface area contributed by atoms with E-state index in [1.807, 2.05) is 0 Å². The Morgan fingerprint density at radius 3 is 2.03 bits per heavy atom. The fourth-order valence-electron chi connectivity index (χ4n) is 4.18. The number of ether oxygens (including phenoxy) is 2. The van der Waals surface area contributed by atoms with Crippen molar-refractivity contribution in [3.63, 3.8) is 0 Å². The van der Waals surface area contributed by atoms with E-state index in [2.05, 4.69) is 20.9 Å². The van der Waals surface area contributed by atoms with Crippen LogP contribution in [0.3, 0.4) is 0 Å². The summed E-state index contributed by atoms with van der Waals surface area (Å²) in [5, 5.41) is 9.11. The lowest BCUT2D eigenvalue weighted by Gasteiger charge is -2.32. The fraction of sp³-hybridized carbons (Fsp3) is 0.636. The number of methoxy groups -OCH3 is 2. The summed E-state index contributed by atoms with van der Waals surface area (Å²) in [6.07, 6.45) is 7.54. The highest BCUT2D eigenvalue weighted by molar-refractivity contribution is 5.92. The second-order valence-electron chi connectivity index (χ2n) is 8.15. The maximum Gasteiger partial charge on any atom is 0.315 e. The van der Waals surface area contributed by atoms with E-state index in [0.717, 1.165) is 38.8 Å². The molecule has 1 aromatic carbocycles. The molecule has 8 heteroatoms. The Balaban J connectivity index is 1.39. The van der Waals surface area contributed by atoms with Gasteiger partial charge in [0.1, 0.15) is 11.5 Å². The van der Waals surface area contributed by atoms with Crippen molar-refractivity contribution in [1.82, 2.24) is 15.5 Å². The Morgan fingerprint density at radius 1 is 0.900 bits per heavy atom. The van der Waals surface area contributed by atoms with Gasteiger partial charge in [0.05, 0.1) is 20.8 Å². The van der Waals surface area contributed by atoms with Crippen LogP contribution in [-0.4, -0.2) is 62.8 Å². The van der Waals surface area contributed by atoms with E-state index in [1.165, 1.54) is 19.3 Å². The number of nitrogens with zero attached hydrogens (tertiary/aromatic N) is 1. The number of likely N-dealkylation sites (tertiary alicyclic amines) is 1.